The lowest BCUT2D eigenvalue weighted by atomic mass is 10.2. The molecule has 0 N–H and O–H groups in total. The van der Waals surface area contributed by atoms with Gasteiger partial charge in [-0.2, -0.15) is 0 Å². The van der Waals surface area contributed by atoms with Gasteiger partial charge in [-0.15, -0.1) is 11.3 Å². The molecular formula is C22H15ClFNO2S. The van der Waals surface area contributed by atoms with Gasteiger partial charge in [0.05, 0.1) is 12.1 Å². The molecule has 0 radical (unpaired) electrons. The van der Waals surface area contributed by atoms with Crippen molar-refractivity contribution < 1.29 is 13.9 Å². The van der Waals surface area contributed by atoms with Gasteiger partial charge in [0.25, 0.3) is 5.91 Å². The predicted molar refractivity (Wildman–Crippen MR) is 113 cm³/mol. The lowest BCUT2D eigenvalue weighted by molar-refractivity contribution is 0.100. The number of thiophene rings is 1. The van der Waals surface area contributed by atoms with Crippen LogP contribution in [0.15, 0.2) is 72.8 Å². The zero-order chi connectivity index (χ0) is 19.7. The maximum Gasteiger partial charge on any atom is 0.274 e. The van der Waals surface area contributed by atoms with Gasteiger partial charge in [0.2, 0.25) is 0 Å². The molecule has 4 rings (SSSR count). The van der Waals surface area contributed by atoms with Crippen LogP contribution in [0.1, 0.15) is 9.67 Å². The fourth-order valence-electron chi connectivity index (χ4n) is 2.96. The highest BCUT2D eigenvalue weighted by Gasteiger charge is 2.25. The minimum atomic E-state index is -0.370. The van der Waals surface area contributed by atoms with Gasteiger partial charge < -0.3 is 4.74 Å². The molecule has 0 saturated carbocycles. The van der Waals surface area contributed by atoms with Gasteiger partial charge in [-0.3, -0.25) is 9.69 Å². The molecule has 1 aromatic heterocycles. The monoisotopic (exact) mass is 411 g/mol. The van der Waals surface area contributed by atoms with Crippen LogP contribution >= 0.6 is 22.9 Å². The second kappa shape index (κ2) is 7.62. The third kappa shape index (κ3) is 3.35. The number of hydrogen-bond donors (Lipinski definition) is 0. The van der Waals surface area contributed by atoms with E-state index in [-0.39, 0.29) is 11.7 Å². The van der Waals surface area contributed by atoms with Crippen molar-refractivity contribution in [2.75, 3.05) is 12.0 Å². The van der Waals surface area contributed by atoms with Crippen LogP contribution in [0.4, 0.5) is 15.8 Å². The number of benzene rings is 3. The molecule has 1 amide bonds. The topological polar surface area (TPSA) is 29.5 Å². The molecule has 0 bridgehead atoms. The predicted octanol–water partition coefficient (Wildman–Crippen LogP) is 6.68. The molecule has 28 heavy (non-hydrogen) atoms. The van der Waals surface area contributed by atoms with Crippen LogP contribution in [-0.4, -0.2) is 13.0 Å². The average molecular weight is 412 g/mol. The Kier molecular flexibility index (Phi) is 5.03. The Morgan fingerprint density at radius 1 is 0.964 bits per heavy atom. The van der Waals surface area contributed by atoms with E-state index in [2.05, 4.69) is 0 Å². The van der Waals surface area contributed by atoms with E-state index in [0.29, 0.717) is 27.0 Å². The van der Waals surface area contributed by atoms with Gasteiger partial charge >= 0.3 is 0 Å². The summed E-state index contributed by atoms with van der Waals surface area (Å²) >= 11 is 7.87. The highest BCUT2D eigenvalue weighted by molar-refractivity contribution is 7.21. The Balaban J connectivity index is 1.84. The molecule has 0 saturated heterocycles. The molecule has 0 fully saturated rings. The van der Waals surface area contributed by atoms with E-state index in [1.165, 1.54) is 28.4 Å². The largest absolute Gasteiger partial charge is 0.497 e. The lowest BCUT2D eigenvalue weighted by Gasteiger charge is -2.23. The number of halogens is 2. The Bertz CT molecular complexity index is 1140. The molecule has 140 valence electrons. The molecule has 0 atom stereocenters. The maximum atomic E-state index is 13.5. The van der Waals surface area contributed by atoms with Crippen molar-refractivity contribution in [3.63, 3.8) is 0 Å². The van der Waals surface area contributed by atoms with E-state index in [1.807, 2.05) is 24.3 Å². The molecule has 0 unspecified atom stereocenters. The van der Waals surface area contributed by atoms with E-state index in [0.717, 1.165) is 10.1 Å². The number of fused-ring (bicyclic) bond motifs is 1. The molecule has 6 heteroatoms. The molecular weight excluding hydrogens is 397 g/mol. The van der Waals surface area contributed by atoms with Crippen LogP contribution in [0.5, 0.6) is 5.75 Å². The van der Waals surface area contributed by atoms with E-state index < -0.39 is 0 Å². The van der Waals surface area contributed by atoms with E-state index >= 15 is 0 Å². The van der Waals surface area contributed by atoms with Crippen molar-refractivity contribution in [3.8, 4) is 5.75 Å². The molecule has 0 spiro atoms. The number of amides is 1. The first-order valence-electron chi connectivity index (χ1n) is 8.49. The zero-order valence-electron chi connectivity index (χ0n) is 14.9. The van der Waals surface area contributed by atoms with Crippen LogP contribution in [-0.2, 0) is 0 Å². The Morgan fingerprint density at radius 2 is 1.57 bits per heavy atom. The minimum absolute atomic E-state index is 0.275. The van der Waals surface area contributed by atoms with Crippen LogP contribution in [0.2, 0.25) is 5.02 Å². The van der Waals surface area contributed by atoms with Gasteiger partial charge in [-0.05, 0) is 54.6 Å². The summed E-state index contributed by atoms with van der Waals surface area (Å²) in [6, 6.07) is 20.5. The first-order valence-corrected chi connectivity index (χ1v) is 9.69. The molecule has 4 aromatic rings. The smallest absolute Gasteiger partial charge is 0.274 e. The number of rotatable bonds is 4. The summed E-state index contributed by atoms with van der Waals surface area (Å²) in [7, 11) is 1.58. The average Bonchev–Trinajstić information content (AvgIpc) is 3.07. The Labute approximate surface area is 170 Å². The fraction of sp³-hybridized carbons (Fsp3) is 0.0455. The summed E-state index contributed by atoms with van der Waals surface area (Å²) in [5.74, 6) is 0.0314. The van der Waals surface area contributed by atoms with Crippen molar-refractivity contribution in [2.45, 2.75) is 0 Å². The number of anilines is 2. The van der Waals surface area contributed by atoms with E-state index in [9.17, 15) is 9.18 Å². The molecule has 1 heterocycles. The van der Waals surface area contributed by atoms with Crippen molar-refractivity contribution in [3.05, 3.63) is 88.5 Å². The number of nitrogens with zero attached hydrogens (tertiary/aromatic N) is 1. The van der Waals surface area contributed by atoms with E-state index in [1.54, 1.807) is 43.5 Å². The van der Waals surface area contributed by atoms with Crippen molar-refractivity contribution in [2.24, 2.45) is 0 Å². The zero-order valence-corrected chi connectivity index (χ0v) is 16.4. The SMILES string of the molecule is COc1ccc(N(C(=O)c2sc3ccccc3c2Cl)c2ccc(F)cc2)cc1. The normalized spacial score (nSPS) is 10.8. The van der Waals surface area contributed by atoms with Crippen LogP contribution in [0, 0.1) is 5.82 Å². The van der Waals surface area contributed by atoms with Crippen LogP contribution in [0.3, 0.4) is 0 Å². The van der Waals surface area contributed by atoms with Gasteiger partial charge in [-0.1, -0.05) is 29.8 Å². The summed E-state index contributed by atoms with van der Waals surface area (Å²) in [5, 5.41) is 1.26. The molecule has 0 aliphatic rings. The number of ether oxygens (including phenoxy) is 1. The third-order valence-corrected chi connectivity index (χ3v) is 6.01. The Morgan fingerprint density at radius 3 is 2.18 bits per heavy atom. The van der Waals surface area contributed by atoms with Crippen molar-refractivity contribution in [1.29, 1.82) is 0 Å². The minimum Gasteiger partial charge on any atom is -0.497 e. The summed E-state index contributed by atoms with van der Waals surface area (Å²) in [6.07, 6.45) is 0. The fourth-order valence-corrected chi connectivity index (χ4v) is 4.40. The van der Waals surface area contributed by atoms with E-state index in [4.69, 9.17) is 16.3 Å². The van der Waals surface area contributed by atoms with Crippen molar-refractivity contribution >= 4 is 50.3 Å². The standard InChI is InChI=1S/C22H15ClFNO2S/c1-27-17-12-10-16(11-13-17)25(15-8-6-14(24)7-9-15)22(26)21-20(23)18-4-2-3-5-19(18)28-21/h2-13H,1H3. The van der Waals surface area contributed by atoms with Crippen LogP contribution < -0.4 is 9.64 Å². The van der Waals surface area contributed by atoms with Gasteiger partial charge in [0.1, 0.15) is 16.4 Å². The second-order valence-electron chi connectivity index (χ2n) is 6.06. The first kappa shape index (κ1) is 18.5. The highest BCUT2D eigenvalue weighted by Crippen LogP contribution is 2.38. The number of carbonyl (C=O) groups is 1. The number of hydrogen-bond acceptors (Lipinski definition) is 3. The lowest BCUT2D eigenvalue weighted by Crippen LogP contribution is -2.25. The summed E-state index contributed by atoms with van der Waals surface area (Å²) < 4.78 is 19.6. The third-order valence-electron chi connectivity index (χ3n) is 4.35. The van der Waals surface area contributed by atoms with Crippen LogP contribution in [0.25, 0.3) is 10.1 Å². The second-order valence-corrected chi connectivity index (χ2v) is 7.49. The summed E-state index contributed by atoms with van der Waals surface area (Å²) in [6.45, 7) is 0. The number of methoxy groups -OCH3 is 1. The summed E-state index contributed by atoms with van der Waals surface area (Å²) in [5.41, 5.74) is 1.18. The molecule has 3 nitrogen and oxygen atoms in total. The summed E-state index contributed by atoms with van der Waals surface area (Å²) in [4.78, 5) is 15.5. The maximum absolute atomic E-state index is 13.5. The van der Waals surface area contributed by atoms with Gasteiger partial charge in [0.15, 0.2) is 0 Å². The quantitative estimate of drug-likeness (QED) is 0.374. The number of carbonyl (C=O) groups excluding carboxylic acids is 1. The highest BCUT2D eigenvalue weighted by atomic mass is 35.5. The van der Waals surface area contributed by atoms with Crippen molar-refractivity contribution in [1.82, 2.24) is 0 Å². The Hall–Kier alpha value is -2.89. The first-order chi connectivity index (χ1) is 13.6. The molecule has 0 aliphatic carbocycles. The van der Waals surface area contributed by atoms with Gasteiger partial charge in [0, 0.05) is 21.5 Å². The van der Waals surface area contributed by atoms with Gasteiger partial charge in [-0.25, -0.2) is 4.39 Å². The molecule has 3 aromatic carbocycles. The molecule has 0 aliphatic heterocycles.